The molecule has 4 rings (SSSR count). The first-order valence-electron chi connectivity index (χ1n) is 10.4. The van der Waals surface area contributed by atoms with E-state index in [-0.39, 0.29) is 15.5 Å². The van der Waals surface area contributed by atoms with Crippen LogP contribution in [0.4, 0.5) is 11.4 Å². The molecule has 0 fully saturated rings. The monoisotopic (exact) mass is 508 g/mol. The Morgan fingerprint density at radius 1 is 0.794 bits per heavy atom. The van der Waals surface area contributed by atoms with Gasteiger partial charge in [0.2, 0.25) is 0 Å². The molecule has 0 aromatic heterocycles. The third kappa shape index (κ3) is 6.20. The number of anilines is 2. The molecule has 0 aliphatic rings. The van der Waals surface area contributed by atoms with Crippen molar-refractivity contribution < 1.29 is 13.2 Å². The lowest BCUT2D eigenvalue weighted by Gasteiger charge is -2.12. The highest BCUT2D eigenvalue weighted by Gasteiger charge is 2.20. The largest absolute Gasteiger partial charge is 0.322 e. The first-order chi connectivity index (χ1) is 16.4. The molecular weight excluding hydrogens is 488 g/mol. The number of amides is 1. The van der Waals surface area contributed by atoms with E-state index >= 15 is 0 Å². The topological polar surface area (TPSA) is 75.3 Å². The summed E-state index contributed by atoms with van der Waals surface area (Å²) in [5, 5.41) is 2.83. The summed E-state index contributed by atoms with van der Waals surface area (Å²) in [4.78, 5) is 13.8. The van der Waals surface area contributed by atoms with Crippen LogP contribution in [0.15, 0.2) is 113 Å². The molecule has 0 spiro atoms. The highest BCUT2D eigenvalue weighted by Crippen LogP contribution is 2.26. The predicted molar refractivity (Wildman–Crippen MR) is 139 cm³/mol. The highest BCUT2D eigenvalue weighted by molar-refractivity contribution is 7.98. The molecule has 0 unspecified atom stereocenters. The number of benzene rings is 4. The summed E-state index contributed by atoms with van der Waals surface area (Å²) in [7, 11) is -3.97. The number of carbonyl (C=O) groups excluding carboxylic acids is 1. The maximum Gasteiger partial charge on any atom is 0.263 e. The van der Waals surface area contributed by atoms with Crippen molar-refractivity contribution in [3.63, 3.8) is 0 Å². The molecule has 0 radical (unpaired) electrons. The molecule has 0 bridgehead atoms. The molecule has 0 aliphatic heterocycles. The van der Waals surface area contributed by atoms with Gasteiger partial charge < -0.3 is 5.32 Å². The quantitative estimate of drug-likeness (QED) is 0.260. The first-order valence-corrected chi connectivity index (χ1v) is 13.2. The van der Waals surface area contributed by atoms with E-state index in [9.17, 15) is 13.2 Å². The molecule has 2 N–H and O–H groups in total. The van der Waals surface area contributed by atoms with Crippen molar-refractivity contribution in [2.45, 2.75) is 15.5 Å². The Bertz CT molecular complexity index is 1380. The number of rotatable bonds is 8. The summed E-state index contributed by atoms with van der Waals surface area (Å²) in [6, 6.07) is 30.3. The first kappa shape index (κ1) is 23.9. The second-order valence-corrected chi connectivity index (χ2v) is 10.5. The Morgan fingerprint density at radius 3 is 2.12 bits per heavy atom. The van der Waals surface area contributed by atoms with Gasteiger partial charge in [-0.25, -0.2) is 8.42 Å². The highest BCUT2D eigenvalue weighted by atomic mass is 35.5. The minimum absolute atomic E-state index is 0.0280. The van der Waals surface area contributed by atoms with Crippen molar-refractivity contribution >= 4 is 50.7 Å². The van der Waals surface area contributed by atoms with Gasteiger partial charge in [0.1, 0.15) is 4.90 Å². The van der Waals surface area contributed by atoms with Crippen LogP contribution in [0.25, 0.3) is 0 Å². The van der Waals surface area contributed by atoms with E-state index < -0.39 is 15.9 Å². The Hall–Kier alpha value is -3.26. The summed E-state index contributed by atoms with van der Waals surface area (Å²) in [6.45, 7) is 0. The van der Waals surface area contributed by atoms with E-state index in [0.717, 1.165) is 11.3 Å². The van der Waals surface area contributed by atoms with Crippen molar-refractivity contribution in [3.05, 3.63) is 119 Å². The predicted octanol–water partition coefficient (Wildman–Crippen LogP) is 6.69. The molecule has 0 atom stereocenters. The van der Waals surface area contributed by atoms with Crippen LogP contribution in [0.3, 0.4) is 0 Å². The zero-order valence-electron chi connectivity index (χ0n) is 17.9. The molecule has 172 valence electrons. The number of halogens is 1. The van der Waals surface area contributed by atoms with Crippen LogP contribution in [-0.4, -0.2) is 14.3 Å². The molecular formula is C26H21ClN2O3S2. The zero-order chi connectivity index (χ0) is 24.0. The SMILES string of the molecule is O=C(Nc1ccc(CSc2ccccc2)cc1)c1ccc(Cl)c(S(=O)(=O)Nc2ccccc2)c1. The average Bonchev–Trinajstić information content (AvgIpc) is 2.85. The van der Waals surface area contributed by atoms with Crippen LogP contribution in [0, 0.1) is 0 Å². The van der Waals surface area contributed by atoms with E-state index in [1.54, 1.807) is 42.1 Å². The number of carbonyl (C=O) groups is 1. The van der Waals surface area contributed by atoms with E-state index in [1.165, 1.54) is 23.1 Å². The maximum atomic E-state index is 12.8. The van der Waals surface area contributed by atoms with Crippen LogP contribution in [0.1, 0.15) is 15.9 Å². The van der Waals surface area contributed by atoms with E-state index in [4.69, 9.17) is 11.6 Å². The third-order valence-electron chi connectivity index (χ3n) is 4.87. The fraction of sp³-hybridized carbons (Fsp3) is 0.0385. The minimum atomic E-state index is -3.97. The molecule has 4 aromatic carbocycles. The van der Waals surface area contributed by atoms with Crippen molar-refractivity contribution in [2.75, 3.05) is 10.0 Å². The zero-order valence-corrected chi connectivity index (χ0v) is 20.3. The number of sulfonamides is 1. The Kier molecular flexibility index (Phi) is 7.57. The second kappa shape index (κ2) is 10.8. The Labute approximate surface area is 208 Å². The lowest BCUT2D eigenvalue weighted by Crippen LogP contribution is -2.16. The molecule has 8 heteroatoms. The number of hydrogen-bond acceptors (Lipinski definition) is 4. The van der Waals surface area contributed by atoms with Crippen LogP contribution in [0.2, 0.25) is 5.02 Å². The minimum Gasteiger partial charge on any atom is -0.322 e. The number of para-hydroxylation sites is 1. The van der Waals surface area contributed by atoms with Crippen LogP contribution >= 0.6 is 23.4 Å². The van der Waals surface area contributed by atoms with E-state index in [1.807, 2.05) is 42.5 Å². The van der Waals surface area contributed by atoms with Gasteiger partial charge in [-0.2, -0.15) is 0 Å². The van der Waals surface area contributed by atoms with Crippen molar-refractivity contribution in [1.82, 2.24) is 0 Å². The maximum absolute atomic E-state index is 12.8. The lowest BCUT2D eigenvalue weighted by atomic mass is 10.2. The van der Waals surface area contributed by atoms with Gasteiger partial charge in [0.05, 0.1) is 5.02 Å². The van der Waals surface area contributed by atoms with Crippen molar-refractivity contribution in [1.29, 1.82) is 0 Å². The van der Waals surface area contributed by atoms with Crippen LogP contribution in [-0.2, 0) is 15.8 Å². The Morgan fingerprint density at radius 2 is 1.44 bits per heavy atom. The van der Waals surface area contributed by atoms with E-state index in [0.29, 0.717) is 11.4 Å². The van der Waals surface area contributed by atoms with Crippen molar-refractivity contribution in [3.8, 4) is 0 Å². The molecule has 5 nitrogen and oxygen atoms in total. The number of nitrogens with one attached hydrogen (secondary N) is 2. The van der Waals surface area contributed by atoms with Gasteiger partial charge in [0.15, 0.2) is 0 Å². The fourth-order valence-electron chi connectivity index (χ4n) is 3.14. The smallest absolute Gasteiger partial charge is 0.263 e. The van der Waals surface area contributed by atoms with Crippen LogP contribution < -0.4 is 10.0 Å². The van der Waals surface area contributed by atoms with Crippen molar-refractivity contribution in [2.24, 2.45) is 0 Å². The van der Waals surface area contributed by atoms with Gasteiger partial charge in [-0.3, -0.25) is 9.52 Å². The summed E-state index contributed by atoms with van der Waals surface area (Å²) in [5.41, 5.74) is 2.32. The molecule has 0 saturated carbocycles. The van der Waals surface area contributed by atoms with Gasteiger partial charge >= 0.3 is 0 Å². The van der Waals surface area contributed by atoms with Gasteiger partial charge in [-0.15, -0.1) is 11.8 Å². The van der Waals surface area contributed by atoms with Gasteiger partial charge in [-0.1, -0.05) is 60.1 Å². The number of hydrogen-bond donors (Lipinski definition) is 2. The number of thioether (sulfide) groups is 1. The summed E-state index contributed by atoms with van der Waals surface area (Å²) in [6.07, 6.45) is 0. The summed E-state index contributed by atoms with van der Waals surface area (Å²) in [5.74, 6) is 0.379. The second-order valence-electron chi connectivity index (χ2n) is 7.37. The summed E-state index contributed by atoms with van der Waals surface area (Å²) >= 11 is 7.88. The standard InChI is InChI=1S/C26H21ClN2O3S2/c27-24-16-13-20(17-25(24)34(31,32)29-22-7-3-1-4-8-22)26(30)28-21-14-11-19(12-15-21)18-33-23-9-5-2-6-10-23/h1-17,29H,18H2,(H,28,30). The average molecular weight is 509 g/mol. The fourth-order valence-corrected chi connectivity index (χ4v) is 5.60. The van der Waals surface area contributed by atoms with Crippen LogP contribution in [0.5, 0.6) is 0 Å². The van der Waals surface area contributed by atoms with E-state index in [2.05, 4.69) is 22.2 Å². The summed E-state index contributed by atoms with van der Waals surface area (Å²) < 4.78 is 28.1. The molecule has 34 heavy (non-hydrogen) atoms. The molecule has 0 aliphatic carbocycles. The third-order valence-corrected chi connectivity index (χ3v) is 7.82. The molecule has 0 saturated heterocycles. The normalized spacial score (nSPS) is 11.1. The van der Waals surface area contributed by atoms with Gasteiger partial charge in [-0.05, 0) is 60.2 Å². The van der Waals surface area contributed by atoms with Gasteiger partial charge in [0.25, 0.3) is 15.9 Å². The molecule has 0 heterocycles. The Balaban J connectivity index is 1.44. The van der Waals surface area contributed by atoms with Gasteiger partial charge in [0, 0.05) is 27.6 Å². The lowest BCUT2D eigenvalue weighted by molar-refractivity contribution is 0.102. The molecule has 4 aromatic rings. The molecule has 1 amide bonds.